The number of rotatable bonds is 14. The molecule has 8 atom stereocenters. The molecule has 0 spiro atoms. The fourth-order valence-corrected chi connectivity index (χ4v) is 6.82. The third-order valence-corrected chi connectivity index (χ3v) is 9.68. The van der Waals surface area contributed by atoms with Crippen LogP contribution >= 0.6 is 7.67 Å². The van der Waals surface area contributed by atoms with Crippen LogP contribution in [0.25, 0.3) is 11.2 Å². The Morgan fingerprint density at radius 1 is 1.16 bits per heavy atom. The minimum atomic E-state index is -4.30. The highest BCUT2D eigenvalue weighted by Gasteiger charge is 2.54. The van der Waals surface area contributed by atoms with E-state index in [1.165, 1.54) is 32.0 Å². The van der Waals surface area contributed by atoms with Crippen LogP contribution in [0.5, 0.6) is 0 Å². The zero-order chi connectivity index (χ0) is 32.3. The predicted molar refractivity (Wildman–Crippen MR) is 154 cm³/mol. The Morgan fingerprint density at radius 3 is 2.19 bits per heavy atom. The number of esters is 2. The molecule has 1 fully saturated rings. The molecule has 0 aromatic carbocycles. The highest BCUT2D eigenvalue weighted by atomic mass is 31.2. The van der Waals surface area contributed by atoms with Gasteiger partial charge in [-0.25, -0.2) is 20.1 Å². The summed E-state index contributed by atoms with van der Waals surface area (Å²) >= 11 is 0. The van der Waals surface area contributed by atoms with Gasteiger partial charge in [-0.2, -0.15) is 0 Å². The van der Waals surface area contributed by atoms with Gasteiger partial charge in [0.05, 0.1) is 27.2 Å². The molecule has 2 aromatic rings. The maximum Gasteiger partial charge on any atom is 0.342 e. The molecule has 43 heavy (non-hydrogen) atoms. The summed E-state index contributed by atoms with van der Waals surface area (Å²) < 4.78 is 37.4. The van der Waals surface area contributed by atoms with Crippen LogP contribution < -0.4 is 15.7 Å². The summed E-state index contributed by atoms with van der Waals surface area (Å²) in [6.07, 6.45) is -1.79. The van der Waals surface area contributed by atoms with Gasteiger partial charge in [0.2, 0.25) is 0 Å². The summed E-state index contributed by atoms with van der Waals surface area (Å²) in [6.45, 7) is 9.56. The predicted octanol–water partition coefficient (Wildman–Crippen LogP) is 0.917. The molecule has 1 saturated heterocycles. The van der Waals surface area contributed by atoms with E-state index in [0.717, 1.165) is 0 Å². The summed E-state index contributed by atoms with van der Waals surface area (Å²) in [4.78, 5) is 48.6. The first-order valence-corrected chi connectivity index (χ1v) is 15.7. The molecule has 17 heteroatoms. The Labute approximate surface area is 249 Å². The summed E-state index contributed by atoms with van der Waals surface area (Å²) in [7, 11) is -1.91. The Bertz CT molecular complexity index is 1360. The average molecular weight is 631 g/mol. The molecule has 1 aliphatic rings. The topological polar surface area (TPSA) is 216 Å². The van der Waals surface area contributed by atoms with Gasteiger partial charge < -0.3 is 33.9 Å². The van der Waals surface area contributed by atoms with Crippen molar-refractivity contribution >= 4 is 30.8 Å². The standard InChI is InChI=1S/C26H43N6O10P/c1-9-13(3)17(23(35)39-7)30-43(38,31-18(14(4)10-2)24(36)40-8)41-11-16-20(33)26(6,37)25(42-16)32-12-27-19-21(32)28-15(5)29-22(19)34/h12-14,16-18,20,25,33,37H,9-11H2,1-8H3,(H,28,29,34)(H2,30,31,38)/t13-,14-,16+,17?,18?,20?,25+,26-,43?/m0/s1. The van der Waals surface area contributed by atoms with Gasteiger partial charge in [-0.05, 0) is 25.7 Å². The normalized spacial score (nSPS) is 26.4. The van der Waals surface area contributed by atoms with Crippen LogP contribution in [0, 0.1) is 18.8 Å². The van der Waals surface area contributed by atoms with Crippen LogP contribution in [-0.4, -0.2) is 92.4 Å². The number of aromatic nitrogens is 4. The molecule has 0 radical (unpaired) electrons. The number of H-pyrrole nitrogens is 1. The van der Waals surface area contributed by atoms with E-state index in [1.807, 2.05) is 13.8 Å². The van der Waals surface area contributed by atoms with Gasteiger partial charge >= 0.3 is 19.6 Å². The number of ether oxygens (including phenoxy) is 3. The monoisotopic (exact) mass is 630 g/mol. The van der Waals surface area contributed by atoms with Crippen molar-refractivity contribution < 1.29 is 43.1 Å². The first-order chi connectivity index (χ1) is 20.1. The van der Waals surface area contributed by atoms with Crippen molar-refractivity contribution in [1.29, 1.82) is 0 Å². The second-order valence-electron chi connectivity index (χ2n) is 11.1. The van der Waals surface area contributed by atoms with Crippen molar-refractivity contribution in [3.8, 4) is 0 Å². The fraction of sp³-hybridized carbons (Fsp3) is 0.731. The summed E-state index contributed by atoms with van der Waals surface area (Å²) in [5.41, 5.74) is -2.28. The van der Waals surface area contributed by atoms with Crippen molar-refractivity contribution in [3.05, 3.63) is 22.5 Å². The second-order valence-corrected chi connectivity index (χ2v) is 12.9. The lowest BCUT2D eigenvalue weighted by molar-refractivity contribution is -0.144. The zero-order valence-electron chi connectivity index (χ0n) is 25.7. The molecule has 5 N–H and O–H groups in total. The van der Waals surface area contributed by atoms with Gasteiger partial charge in [0.1, 0.15) is 35.7 Å². The molecule has 3 heterocycles. The van der Waals surface area contributed by atoms with Crippen molar-refractivity contribution in [2.45, 2.75) is 90.5 Å². The largest absolute Gasteiger partial charge is 0.468 e. The molecular formula is C26H43N6O10P. The van der Waals surface area contributed by atoms with Gasteiger partial charge in [0.15, 0.2) is 17.4 Å². The number of aliphatic hydroxyl groups excluding tert-OH is 1. The number of aromatic amines is 1. The Balaban J connectivity index is 1.95. The minimum Gasteiger partial charge on any atom is -0.468 e. The van der Waals surface area contributed by atoms with E-state index in [1.54, 1.807) is 20.8 Å². The number of nitrogens with zero attached hydrogens (tertiary/aromatic N) is 3. The van der Waals surface area contributed by atoms with Crippen LogP contribution in [0.15, 0.2) is 11.1 Å². The zero-order valence-corrected chi connectivity index (χ0v) is 26.6. The number of aliphatic hydroxyl groups is 2. The fourth-order valence-electron chi connectivity index (χ4n) is 4.79. The lowest BCUT2D eigenvalue weighted by atomic mass is 9.96. The van der Waals surface area contributed by atoms with E-state index in [0.29, 0.717) is 18.7 Å². The number of hydrogen-bond donors (Lipinski definition) is 5. The number of imidazole rings is 1. The van der Waals surface area contributed by atoms with Gasteiger partial charge in [-0.1, -0.05) is 40.5 Å². The number of carbonyl (C=O) groups excluding carboxylic acids is 2. The van der Waals surface area contributed by atoms with Crippen molar-refractivity contribution in [3.63, 3.8) is 0 Å². The van der Waals surface area contributed by atoms with E-state index in [2.05, 4.69) is 25.1 Å². The third-order valence-electron chi connectivity index (χ3n) is 7.93. The summed E-state index contributed by atoms with van der Waals surface area (Å²) in [5.74, 6) is -1.78. The SMILES string of the molecule is CC[C@H](C)C(NP(=O)(NC(C(=O)OC)[C@@H](C)CC)OC[C@H]1O[C@@H](n2cnc3c(=O)[nH]c(C)nc32)[C@@](C)(O)C1O)C(=O)OC. The van der Waals surface area contributed by atoms with Gasteiger partial charge in [0, 0.05) is 0 Å². The van der Waals surface area contributed by atoms with Crippen molar-refractivity contribution in [2.75, 3.05) is 20.8 Å². The second kappa shape index (κ2) is 13.9. The molecule has 1 aliphatic heterocycles. The highest BCUT2D eigenvalue weighted by Crippen LogP contribution is 2.45. The molecule has 242 valence electrons. The minimum absolute atomic E-state index is 0.00915. The molecule has 3 unspecified atom stereocenters. The molecule has 2 aromatic heterocycles. The Kier molecular flexibility index (Phi) is 11.3. The molecule has 0 amide bonds. The van der Waals surface area contributed by atoms with Crippen molar-refractivity contribution in [2.24, 2.45) is 11.8 Å². The van der Waals surface area contributed by atoms with E-state index in [-0.39, 0.29) is 23.0 Å². The lowest BCUT2D eigenvalue weighted by Crippen LogP contribution is -2.49. The maximum atomic E-state index is 14.4. The number of methoxy groups -OCH3 is 2. The average Bonchev–Trinajstić information content (AvgIpc) is 3.49. The number of aryl methyl sites for hydroxylation is 1. The molecule has 0 bridgehead atoms. The number of hydrogen-bond acceptors (Lipinski definition) is 12. The first kappa shape index (κ1) is 34.8. The van der Waals surface area contributed by atoms with Crippen LogP contribution in [0.2, 0.25) is 0 Å². The van der Waals surface area contributed by atoms with E-state index < -0.39 is 67.9 Å². The quantitative estimate of drug-likeness (QED) is 0.145. The smallest absolute Gasteiger partial charge is 0.342 e. The molecule has 3 rings (SSSR count). The molecule has 16 nitrogen and oxygen atoms in total. The Morgan fingerprint density at radius 2 is 1.70 bits per heavy atom. The number of fused-ring (bicyclic) bond motifs is 1. The molecule has 0 aliphatic carbocycles. The van der Waals surface area contributed by atoms with Crippen LogP contribution in [-0.2, 0) is 32.9 Å². The third kappa shape index (κ3) is 7.33. The summed E-state index contributed by atoms with van der Waals surface area (Å²) in [6, 6.07) is -2.17. The van der Waals surface area contributed by atoms with Gasteiger partial charge in [-0.3, -0.25) is 23.5 Å². The molecule has 0 saturated carbocycles. The van der Waals surface area contributed by atoms with Crippen LogP contribution in [0.3, 0.4) is 0 Å². The van der Waals surface area contributed by atoms with Gasteiger partial charge in [-0.15, -0.1) is 0 Å². The lowest BCUT2D eigenvalue weighted by Gasteiger charge is -2.32. The number of nitrogens with one attached hydrogen (secondary N) is 3. The van der Waals surface area contributed by atoms with Crippen LogP contribution in [0.4, 0.5) is 0 Å². The van der Waals surface area contributed by atoms with Crippen LogP contribution in [0.1, 0.15) is 59.5 Å². The van der Waals surface area contributed by atoms with E-state index >= 15 is 0 Å². The van der Waals surface area contributed by atoms with Crippen molar-refractivity contribution in [1.82, 2.24) is 29.7 Å². The summed E-state index contributed by atoms with van der Waals surface area (Å²) in [5, 5.41) is 27.8. The van der Waals surface area contributed by atoms with Gasteiger partial charge in [0.25, 0.3) is 5.56 Å². The Hall–Kier alpha value is -2.72. The number of carbonyl (C=O) groups is 2. The maximum absolute atomic E-state index is 14.4. The van der Waals surface area contributed by atoms with E-state index in [4.69, 9.17) is 18.7 Å². The highest BCUT2D eigenvalue weighted by molar-refractivity contribution is 7.54. The molecular weight excluding hydrogens is 587 g/mol. The van der Waals surface area contributed by atoms with E-state index in [9.17, 15) is 29.2 Å². The first-order valence-electron chi connectivity index (χ1n) is 14.1.